The molecule has 0 bridgehead atoms. The highest BCUT2D eigenvalue weighted by Gasteiger charge is 2.19. The van der Waals surface area contributed by atoms with Gasteiger partial charge in [-0.25, -0.2) is 0 Å². The lowest BCUT2D eigenvalue weighted by Crippen LogP contribution is -2.37. The van der Waals surface area contributed by atoms with E-state index < -0.39 is 0 Å². The molecule has 1 saturated heterocycles. The maximum Gasteiger partial charge on any atom is 0.0485 e. The number of nitrogens with zero attached hydrogens (tertiary/aromatic N) is 1. The number of ether oxygens (including phenoxy) is 1. The van der Waals surface area contributed by atoms with Crippen molar-refractivity contribution in [2.75, 3.05) is 32.2 Å². The first kappa shape index (κ1) is 12.4. The topological polar surface area (TPSA) is 24.5 Å². The lowest BCUT2D eigenvalue weighted by molar-refractivity contribution is 0.0854. The van der Waals surface area contributed by atoms with Crippen molar-refractivity contribution in [1.29, 1.82) is 0 Å². The van der Waals surface area contributed by atoms with Crippen molar-refractivity contribution in [3.8, 4) is 0 Å². The summed E-state index contributed by atoms with van der Waals surface area (Å²) < 4.78 is 5.42. The van der Waals surface area contributed by atoms with E-state index in [0.717, 1.165) is 32.6 Å². The van der Waals surface area contributed by atoms with Crippen LogP contribution in [0.3, 0.4) is 0 Å². The minimum atomic E-state index is 0.613. The van der Waals surface area contributed by atoms with Crippen LogP contribution in [0.2, 0.25) is 0 Å². The summed E-state index contributed by atoms with van der Waals surface area (Å²) in [5.74, 6) is 0. The molecule has 0 amide bonds. The molecule has 3 heteroatoms. The van der Waals surface area contributed by atoms with Gasteiger partial charge in [-0.2, -0.15) is 0 Å². The van der Waals surface area contributed by atoms with E-state index in [4.69, 9.17) is 4.74 Å². The number of rotatable bonds is 4. The molecule has 0 radical (unpaired) electrons. The van der Waals surface area contributed by atoms with Crippen molar-refractivity contribution in [1.82, 2.24) is 5.32 Å². The number of hydrogen-bond acceptors (Lipinski definition) is 3. The molecule has 1 aliphatic heterocycles. The van der Waals surface area contributed by atoms with Crippen molar-refractivity contribution in [3.05, 3.63) is 29.8 Å². The standard InChI is InChI=1S/C14H22N2O/c1-15-11-12-5-3-4-6-14(12)16(2)13-7-9-17-10-8-13/h3-6,13,15H,7-11H2,1-2H3. The van der Waals surface area contributed by atoms with Crippen LogP contribution in [0.5, 0.6) is 0 Å². The maximum atomic E-state index is 5.42. The Bertz CT molecular complexity index is 348. The first-order valence-electron chi connectivity index (χ1n) is 6.36. The van der Waals surface area contributed by atoms with Gasteiger partial charge in [0, 0.05) is 38.5 Å². The summed E-state index contributed by atoms with van der Waals surface area (Å²) in [4.78, 5) is 2.41. The van der Waals surface area contributed by atoms with Crippen LogP contribution in [-0.4, -0.2) is 33.4 Å². The molecule has 94 valence electrons. The van der Waals surface area contributed by atoms with Crippen LogP contribution in [0.15, 0.2) is 24.3 Å². The van der Waals surface area contributed by atoms with Crippen molar-refractivity contribution < 1.29 is 4.74 Å². The Hall–Kier alpha value is -1.06. The second-order valence-electron chi connectivity index (χ2n) is 4.61. The molecule has 2 rings (SSSR count). The lowest BCUT2D eigenvalue weighted by Gasteiger charge is -2.34. The summed E-state index contributed by atoms with van der Waals surface area (Å²) in [5.41, 5.74) is 2.71. The van der Waals surface area contributed by atoms with Gasteiger partial charge < -0.3 is 15.0 Å². The lowest BCUT2D eigenvalue weighted by atomic mass is 10.0. The van der Waals surface area contributed by atoms with Gasteiger partial charge in [-0.05, 0) is 31.5 Å². The number of nitrogens with one attached hydrogen (secondary N) is 1. The Labute approximate surface area is 104 Å². The summed E-state index contributed by atoms with van der Waals surface area (Å²) in [6, 6.07) is 9.24. The SMILES string of the molecule is CNCc1ccccc1N(C)C1CCOCC1. The van der Waals surface area contributed by atoms with Gasteiger partial charge in [0.2, 0.25) is 0 Å². The Morgan fingerprint density at radius 1 is 1.29 bits per heavy atom. The Balaban J connectivity index is 2.14. The van der Waals surface area contributed by atoms with Gasteiger partial charge in [0.05, 0.1) is 0 Å². The molecule has 3 nitrogen and oxygen atoms in total. The van der Waals surface area contributed by atoms with E-state index in [1.807, 2.05) is 7.05 Å². The molecule has 1 aromatic carbocycles. The summed E-state index contributed by atoms with van der Waals surface area (Å²) in [5, 5.41) is 3.23. The van der Waals surface area contributed by atoms with E-state index in [-0.39, 0.29) is 0 Å². The van der Waals surface area contributed by atoms with Crippen LogP contribution in [0.4, 0.5) is 5.69 Å². The molecule has 0 unspecified atom stereocenters. The monoisotopic (exact) mass is 234 g/mol. The van der Waals surface area contributed by atoms with Gasteiger partial charge in [-0.3, -0.25) is 0 Å². The molecule has 0 atom stereocenters. The summed E-state index contributed by atoms with van der Waals surface area (Å²) in [6.45, 7) is 2.70. The molecule has 1 N–H and O–H groups in total. The third-order valence-corrected chi connectivity index (χ3v) is 3.48. The van der Waals surface area contributed by atoms with Crippen LogP contribution >= 0.6 is 0 Å². The van der Waals surface area contributed by atoms with Gasteiger partial charge in [0.15, 0.2) is 0 Å². The van der Waals surface area contributed by atoms with Gasteiger partial charge in [-0.1, -0.05) is 18.2 Å². The molecular weight excluding hydrogens is 212 g/mol. The molecule has 1 aliphatic rings. The van der Waals surface area contributed by atoms with Crippen molar-refractivity contribution >= 4 is 5.69 Å². The van der Waals surface area contributed by atoms with E-state index in [1.165, 1.54) is 11.3 Å². The molecule has 0 saturated carbocycles. The third-order valence-electron chi connectivity index (χ3n) is 3.48. The van der Waals surface area contributed by atoms with Crippen molar-refractivity contribution in [2.45, 2.75) is 25.4 Å². The molecule has 0 aliphatic carbocycles. The molecular formula is C14H22N2O. The van der Waals surface area contributed by atoms with Gasteiger partial charge in [0.25, 0.3) is 0 Å². The smallest absolute Gasteiger partial charge is 0.0485 e. The molecule has 0 spiro atoms. The van der Waals surface area contributed by atoms with E-state index in [1.54, 1.807) is 0 Å². The Morgan fingerprint density at radius 2 is 2.00 bits per heavy atom. The van der Waals surface area contributed by atoms with E-state index in [9.17, 15) is 0 Å². The zero-order valence-electron chi connectivity index (χ0n) is 10.8. The average Bonchev–Trinajstić information content (AvgIpc) is 2.40. The highest BCUT2D eigenvalue weighted by atomic mass is 16.5. The van der Waals surface area contributed by atoms with Crippen molar-refractivity contribution in [2.24, 2.45) is 0 Å². The number of hydrogen-bond donors (Lipinski definition) is 1. The Kier molecular flexibility index (Phi) is 4.40. The first-order chi connectivity index (χ1) is 8.33. The van der Waals surface area contributed by atoms with Crippen LogP contribution in [-0.2, 0) is 11.3 Å². The minimum absolute atomic E-state index is 0.613. The fraction of sp³-hybridized carbons (Fsp3) is 0.571. The van der Waals surface area contributed by atoms with Crippen molar-refractivity contribution in [3.63, 3.8) is 0 Å². The largest absolute Gasteiger partial charge is 0.381 e. The molecule has 1 heterocycles. The second-order valence-corrected chi connectivity index (χ2v) is 4.61. The Morgan fingerprint density at radius 3 is 2.71 bits per heavy atom. The van der Waals surface area contributed by atoms with Gasteiger partial charge in [-0.15, -0.1) is 0 Å². The zero-order chi connectivity index (χ0) is 12.1. The minimum Gasteiger partial charge on any atom is -0.381 e. The van der Waals surface area contributed by atoms with Gasteiger partial charge in [0.1, 0.15) is 0 Å². The number of anilines is 1. The number of benzene rings is 1. The second kappa shape index (κ2) is 6.03. The van der Waals surface area contributed by atoms with E-state index >= 15 is 0 Å². The maximum absolute atomic E-state index is 5.42. The molecule has 1 aromatic rings. The predicted octanol–water partition coefficient (Wildman–Crippen LogP) is 2.02. The third kappa shape index (κ3) is 2.99. The quantitative estimate of drug-likeness (QED) is 0.862. The molecule has 17 heavy (non-hydrogen) atoms. The summed E-state index contributed by atoms with van der Waals surface area (Å²) in [6.07, 6.45) is 2.26. The first-order valence-corrected chi connectivity index (χ1v) is 6.36. The molecule has 0 aromatic heterocycles. The fourth-order valence-corrected chi connectivity index (χ4v) is 2.46. The zero-order valence-corrected chi connectivity index (χ0v) is 10.8. The highest BCUT2D eigenvalue weighted by Crippen LogP contribution is 2.24. The van der Waals surface area contributed by atoms with Crippen LogP contribution in [0, 0.1) is 0 Å². The van der Waals surface area contributed by atoms with E-state index in [0.29, 0.717) is 6.04 Å². The summed E-state index contributed by atoms with van der Waals surface area (Å²) >= 11 is 0. The summed E-state index contributed by atoms with van der Waals surface area (Å²) in [7, 11) is 4.19. The van der Waals surface area contributed by atoms with Crippen LogP contribution < -0.4 is 10.2 Å². The van der Waals surface area contributed by atoms with Gasteiger partial charge >= 0.3 is 0 Å². The fourth-order valence-electron chi connectivity index (χ4n) is 2.46. The van der Waals surface area contributed by atoms with Crippen LogP contribution in [0.1, 0.15) is 18.4 Å². The van der Waals surface area contributed by atoms with Crippen LogP contribution in [0.25, 0.3) is 0 Å². The molecule has 1 fully saturated rings. The number of para-hydroxylation sites is 1. The predicted molar refractivity (Wildman–Crippen MR) is 71.4 cm³/mol. The average molecular weight is 234 g/mol. The van der Waals surface area contributed by atoms with E-state index in [2.05, 4.69) is 41.5 Å². The normalized spacial score (nSPS) is 17.1. The highest BCUT2D eigenvalue weighted by molar-refractivity contribution is 5.53.